The van der Waals surface area contributed by atoms with Gasteiger partial charge in [-0.3, -0.25) is 0 Å². The highest BCUT2D eigenvalue weighted by Crippen LogP contribution is 2.34. The number of anilines is 1. The zero-order valence-corrected chi connectivity index (χ0v) is 18.0. The van der Waals surface area contributed by atoms with Crippen LogP contribution in [0.5, 0.6) is 11.6 Å². The molecule has 0 radical (unpaired) electrons. The van der Waals surface area contributed by atoms with Crippen molar-refractivity contribution in [2.75, 3.05) is 31.7 Å². The largest absolute Gasteiger partial charge is 0.490 e. The Bertz CT molecular complexity index is 1190. The Morgan fingerprint density at radius 2 is 1.94 bits per heavy atom. The van der Waals surface area contributed by atoms with E-state index < -0.39 is 17.2 Å². The molecule has 1 aromatic heterocycles. The maximum Gasteiger partial charge on any atom is 0.235 e. The van der Waals surface area contributed by atoms with Crippen molar-refractivity contribution in [3.8, 4) is 11.6 Å². The lowest BCUT2D eigenvalue weighted by molar-refractivity contribution is 0.191. The van der Waals surface area contributed by atoms with Crippen molar-refractivity contribution < 1.29 is 23.0 Å². The number of nitrogens with zero attached hydrogens (tertiary/aromatic N) is 3. The van der Waals surface area contributed by atoms with Crippen molar-refractivity contribution in [2.45, 2.75) is 18.4 Å². The van der Waals surface area contributed by atoms with Gasteiger partial charge < -0.3 is 14.4 Å². The van der Waals surface area contributed by atoms with Crippen LogP contribution in [0.4, 0.5) is 14.5 Å². The highest BCUT2D eigenvalue weighted by molar-refractivity contribution is 6.30. The molecule has 0 unspecified atom stereocenters. The summed E-state index contributed by atoms with van der Waals surface area (Å²) in [6.07, 6.45) is 2.55. The molecule has 0 bridgehead atoms. The first-order valence-corrected chi connectivity index (χ1v) is 10.4. The molecule has 6 nitrogen and oxygen atoms in total. The van der Waals surface area contributed by atoms with Gasteiger partial charge in [0.2, 0.25) is 12.0 Å². The number of ether oxygens (including phenoxy) is 2. The zero-order chi connectivity index (χ0) is 22.7. The summed E-state index contributed by atoms with van der Waals surface area (Å²) < 4.78 is 39.6. The van der Waals surface area contributed by atoms with E-state index in [4.69, 9.17) is 21.1 Å². The van der Waals surface area contributed by atoms with Crippen LogP contribution in [-0.4, -0.2) is 43.4 Å². The third-order valence-electron chi connectivity index (χ3n) is 5.68. The molecule has 2 aromatic carbocycles. The lowest BCUT2D eigenvalue weighted by Gasteiger charge is -2.39. The van der Waals surface area contributed by atoms with Gasteiger partial charge in [0.05, 0.1) is 12.8 Å². The van der Waals surface area contributed by atoms with Crippen LogP contribution >= 0.6 is 11.6 Å². The van der Waals surface area contributed by atoms with Gasteiger partial charge in [-0.25, -0.2) is 18.6 Å². The number of piperidine rings is 1. The van der Waals surface area contributed by atoms with Crippen molar-refractivity contribution >= 4 is 34.3 Å². The highest BCUT2D eigenvalue weighted by atomic mass is 35.5. The predicted molar refractivity (Wildman–Crippen MR) is 117 cm³/mol. The molecule has 2 heterocycles. The Morgan fingerprint density at radius 1 is 1.16 bits per heavy atom. The number of aromatic nitrogens is 1. The van der Waals surface area contributed by atoms with Crippen molar-refractivity contribution in [3.05, 3.63) is 59.1 Å². The van der Waals surface area contributed by atoms with Gasteiger partial charge in [-0.2, -0.15) is 4.99 Å². The molecular weight excluding hydrogens is 440 g/mol. The third-order valence-corrected chi connectivity index (χ3v) is 5.91. The Morgan fingerprint density at radius 3 is 2.62 bits per heavy atom. The molecule has 0 spiro atoms. The smallest absolute Gasteiger partial charge is 0.235 e. The van der Waals surface area contributed by atoms with Gasteiger partial charge in [0.1, 0.15) is 35.0 Å². The van der Waals surface area contributed by atoms with E-state index in [-0.39, 0.29) is 18.0 Å². The van der Waals surface area contributed by atoms with E-state index in [0.29, 0.717) is 47.8 Å². The monoisotopic (exact) mass is 459 g/mol. The van der Waals surface area contributed by atoms with E-state index in [1.165, 1.54) is 25.3 Å². The van der Waals surface area contributed by atoms with Crippen LogP contribution in [0.2, 0.25) is 5.02 Å². The predicted octanol–water partition coefficient (Wildman–Crippen LogP) is 4.93. The average Bonchev–Trinajstić information content (AvgIpc) is 2.80. The van der Waals surface area contributed by atoms with Crippen LogP contribution in [0.25, 0.3) is 10.9 Å². The second-order valence-electron chi connectivity index (χ2n) is 7.59. The van der Waals surface area contributed by atoms with E-state index in [0.717, 1.165) is 0 Å². The lowest BCUT2D eigenvalue weighted by atomic mass is 9.88. The number of fused-ring (bicyclic) bond motifs is 1. The van der Waals surface area contributed by atoms with E-state index >= 15 is 0 Å². The summed E-state index contributed by atoms with van der Waals surface area (Å²) in [5, 5.41) is 0.812. The molecule has 3 aromatic rings. The van der Waals surface area contributed by atoms with Gasteiger partial charge in [0.25, 0.3) is 0 Å². The average molecular weight is 460 g/mol. The molecule has 166 valence electrons. The summed E-state index contributed by atoms with van der Waals surface area (Å²) in [4.78, 5) is 21.2. The van der Waals surface area contributed by atoms with Crippen LogP contribution < -0.4 is 14.4 Å². The molecular formula is C23H20ClF2N3O3. The van der Waals surface area contributed by atoms with Crippen LogP contribution in [0.3, 0.4) is 0 Å². The quantitative estimate of drug-likeness (QED) is 0.386. The van der Waals surface area contributed by atoms with E-state index in [2.05, 4.69) is 9.98 Å². The SMILES string of the molecule is COc1ccc2c(OCC3(N=C=O)CCN(c4ccc(Cl)cc4F)CC3)ccc(F)c2n1. The fraction of sp³-hybridized carbons (Fsp3) is 0.304. The van der Waals surface area contributed by atoms with Gasteiger partial charge in [-0.1, -0.05) is 11.6 Å². The molecule has 1 aliphatic rings. The number of hydrogen-bond donors (Lipinski definition) is 0. The van der Waals surface area contributed by atoms with Crippen LogP contribution in [0.15, 0.2) is 47.5 Å². The molecule has 32 heavy (non-hydrogen) atoms. The van der Waals surface area contributed by atoms with Crippen LogP contribution in [-0.2, 0) is 4.79 Å². The molecule has 0 N–H and O–H groups in total. The van der Waals surface area contributed by atoms with Gasteiger partial charge in [0.15, 0.2) is 0 Å². The van der Waals surface area contributed by atoms with Crippen molar-refractivity contribution in [2.24, 2.45) is 4.99 Å². The first-order chi connectivity index (χ1) is 15.4. The fourth-order valence-electron chi connectivity index (χ4n) is 3.88. The Kier molecular flexibility index (Phi) is 6.26. The molecule has 1 fully saturated rings. The summed E-state index contributed by atoms with van der Waals surface area (Å²) in [6, 6.07) is 10.6. The number of hydrogen-bond acceptors (Lipinski definition) is 6. The number of isocyanates is 1. The summed E-state index contributed by atoms with van der Waals surface area (Å²) in [5.41, 5.74) is -0.242. The lowest BCUT2D eigenvalue weighted by Crippen LogP contribution is -2.47. The summed E-state index contributed by atoms with van der Waals surface area (Å²) in [7, 11) is 1.45. The van der Waals surface area contributed by atoms with Gasteiger partial charge in [-0.15, -0.1) is 0 Å². The van der Waals surface area contributed by atoms with E-state index in [1.54, 1.807) is 30.3 Å². The highest BCUT2D eigenvalue weighted by Gasteiger charge is 2.36. The number of aliphatic imine (C=N–C) groups is 1. The summed E-state index contributed by atoms with van der Waals surface area (Å²) in [6.45, 7) is 1.03. The molecule has 0 aliphatic carbocycles. The summed E-state index contributed by atoms with van der Waals surface area (Å²) >= 11 is 5.84. The number of carbonyl (C=O) groups excluding carboxylic acids is 1. The number of halogens is 3. The van der Waals surface area contributed by atoms with Gasteiger partial charge >= 0.3 is 0 Å². The van der Waals surface area contributed by atoms with Gasteiger partial charge in [-0.05, 0) is 49.2 Å². The maximum atomic E-state index is 14.3. The Hall–Kier alpha value is -3.22. The Labute approximate surface area is 188 Å². The fourth-order valence-corrected chi connectivity index (χ4v) is 4.04. The molecule has 1 aliphatic heterocycles. The standard InChI is InChI=1S/C23H20ClF2N3O3/c1-31-21-7-3-16-20(6-4-17(25)22(16)28-21)32-13-23(27-14-30)8-10-29(11-9-23)19-5-2-15(24)12-18(19)26/h2-7,12H,8-11,13H2,1H3. The summed E-state index contributed by atoms with van der Waals surface area (Å²) in [5.74, 6) is -0.188. The number of pyridine rings is 1. The molecule has 0 atom stereocenters. The third kappa shape index (κ3) is 4.38. The van der Waals surface area contributed by atoms with Crippen molar-refractivity contribution in [1.29, 1.82) is 0 Å². The van der Waals surface area contributed by atoms with Crippen molar-refractivity contribution in [3.63, 3.8) is 0 Å². The molecule has 0 amide bonds. The number of rotatable bonds is 6. The molecule has 4 rings (SSSR count). The minimum absolute atomic E-state index is 0.0892. The molecule has 0 saturated carbocycles. The normalized spacial score (nSPS) is 15.3. The van der Waals surface area contributed by atoms with Gasteiger partial charge in [0, 0.05) is 29.6 Å². The first kappa shape index (κ1) is 22.0. The molecule has 9 heteroatoms. The minimum Gasteiger partial charge on any atom is -0.490 e. The molecule has 1 saturated heterocycles. The first-order valence-electron chi connectivity index (χ1n) is 10.00. The van der Waals surface area contributed by atoms with E-state index in [1.807, 2.05) is 4.90 Å². The zero-order valence-electron chi connectivity index (χ0n) is 17.3. The number of benzene rings is 2. The maximum absolute atomic E-state index is 14.3. The van der Waals surface area contributed by atoms with Crippen LogP contribution in [0, 0.1) is 11.6 Å². The minimum atomic E-state index is -0.818. The number of methoxy groups -OCH3 is 1. The van der Waals surface area contributed by atoms with Crippen LogP contribution in [0.1, 0.15) is 12.8 Å². The second-order valence-corrected chi connectivity index (χ2v) is 8.03. The topological polar surface area (TPSA) is 64.0 Å². The van der Waals surface area contributed by atoms with Crippen molar-refractivity contribution in [1.82, 2.24) is 4.98 Å². The second kappa shape index (κ2) is 9.10. The Balaban J connectivity index is 1.53. The van der Waals surface area contributed by atoms with E-state index in [9.17, 15) is 13.6 Å².